The first kappa shape index (κ1) is 15.9. The van der Waals surface area contributed by atoms with Gasteiger partial charge in [-0.3, -0.25) is 4.90 Å². The summed E-state index contributed by atoms with van der Waals surface area (Å²) < 4.78 is 13.4. The molecule has 2 fully saturated rings. The van der Waals surface area contributed by atoms with Gasteiger partial charge in [-0.25, -0.2) is 4.39 Å². The smallest absolute Gasteiger partial charge is 0.126 e. The van der Waals surface area contributed by atoms with Gasteiger partial charge in [0.05, 0.1) is 0 Å². The fraction of sp³-hybridized carbons (Fsp3) is 0.684. The van der Waals surface area contributed by atoms with Crippen molar-refractivity contribution in [1.82, 2.24) is 9.80 Å². The molecule has 0 aromatic heterocycles. The van der Waals surface area contributed by atoms with Gasteiger partial charge in [-0.1, -0.05) is 12.1 Å². The Morgan fingerprint density at radius 1 is 1.00 bits per heavy atom. The minimum atomic E-state index is -0.100. The molecule has 0 aliphatic heterocycles. The Morgan fingerprint density at radius 2 is 1.59 bits per heavy atom. The zero-order chi connectivity index (χ0) is 15.9. The lowest BCUT2D eigenvalue weighted by Crippen LogP contribution is -2.31. The van der Waals surface area contributed by atoms with E-state index in [0.717, 1.165) is 30.0 Å². The second kappa shape index (κ2) is 6.29. The molecular formula is C19H29FN2. The molecular weight excluding hydrogens is 275 g/mol. The monoisotopic (exact) mass is 304 g/mol. The third-order valence-corrected chi connectivity index (χ3v) is 5.97. The molecule has 1 aromatic rings. The predicted octanol–water partition coefficient (Wildman–Crippen LogP) is 3.68. The van der Waals surface area contributed by atoms with E-state index in [9.17, 15) is 4.39 Å². The summed E-state index contributed by atoms with van der Waals surface area (Å²) in [6.45, 7) is 2.78. The Bertz CT molecular complexity index is 514. The maximum atomic E-state index is 13.4. The van der Waals surface area contributed by atoms with Crippen molar-refractivity contribution in [2.24, 2.45) is 11.8 Å². The number of nitrogens with zero attached hydrogens (tertiary/aromatic N) is 2. The third-order valence-electron chi connectivity index (χ3n) is 5.97. The maximum Gasteiger partial charge on any atom is 0.126 e. The summed E-state index contributed by atoms with van der Waals surface area (Å²) in [5, 5.41) is 0. The van der Waals surface area contributed by atoms with Crippen molar-refractivity contribution < 1.29 is 4.39 Å². The van der Waals surface area contributed by atoms with Crippen LogP contribution in [0.25, 0.3) is 0 Å². The SMILES string of the molecule is Cc1cc(CN(C)C2C[C@H]3CC(N(C)C)C[C@H]3C2)ccc1F. The molecule has 2 nitrogen and oxygen atoms in total. The van der Waals surface area contributed by atoms with Crippen molar-refractivity contribution in [3.8, 4) is 0 Å². The maximum absolute atomic E-state index is 13.4. The van der Waals surface area contributed by atoms with Gasteiger partial charge in [0.1, 0.15) is 5.82 Å². The van der Waals surface area contributed by atoms with Crippen LogP contribution in [0, 0.1) is 24.6 Å². The van der Waals surface area contributed by atoms with E-state index in [1.807, 2.05) is 19.1 Å². The highest BCUT2D eigenvalue weighted by atomic mass is 19.1. The Kier molecular flexibility index (Phi) is 4.56. The Hall–Kier alpha value is -0.930. The van der Waals surface area contributed by atoms with Crippen LogP contribution in [-0.4, -0.2) is 43.0 Å². The molecule has 22 heavy (non-hydrogen) atoms. The minimum Gasteiger partial charge on any atom is -0.306 e. The Balaban J connectivity index is 1.57. The normalized spacial score (nSPS) is 31.2. The molecule has 4 atom stereocenters. The van der Waals surface area contributed by atoms with Crippen molar-refractivity contribution >= 4 is 0 Å². The van der Waals surface area contributed by atoms with Gasteiger partial charge in [-0.05, 0) is 82.8 Å². The fourth-order valence-corrected chi connectivity index (χ4v) is 4.56. The second-order valence-corrected chi connectivity index (χ2v) is 7.73. The summed E-state index contributed by atoms with van der Waals surface area (Å²) in [6.07, 6.45) is 5.42. The van der Waals surface area contributed by atoms with Crippen LogP contribution in [0.5, 0.6) is 0 Å². The van der Waals surface area contributed by atoms with Crippen LogP contribution in [0.15, 0.2) is 18.2 Å². The summed E-state index contributed by atoms with van der Waals surface area (Å²) in [4.78, 5) is 4.88. The van der Waals surface area contributed by atoms with Gasteiger partial charge in [0, 0.05) is 18.6 Å². The quantitative estimate of drug-likeness (QED) is 0.837. The van der Waals surface area contributed by atoms with Crippen LogP contribution in [0.1, 0.15) is 36.8 Å². The predicted molar refractivity (Wildman–Crippen MR) is 89.3 cm³/mol. The zero-order valence-electron chi connectivity index (χ0n) is 14.3. The van der Waals surface area contributed by atoms with Crippen LogP contribution in [0.4, 0.5) is 4.39 Å². The van der Waals surface area contributed by atoms with Crippen molar-refractivity contribution in [1.29, 1.82) is 0 Å². The zero-order valence-corrected chi connectivity index (χ0v) is 14.3. The summed E-state index contributed by atoms with van der Waals surface area (Å²) in [5.74, 6) is 1.72. The lowest BCUT2D eigenvalue weighted by atomic mass is 10.0. The van der Waals surface area contributed by atoms with Gasteiger partial charge in [0.2, 0.25) is 0 Å². The Morgan fingerprint density at radius 3 is 2.14 bits per heavy atom. The molecule has 2 aliphatic carbocycles. The second-order valence-electron chi connectivity index (χ2n) is 7.73. The van der Waals surface area contributed by atoms with Crippen LogP contribution in [0.3, 0.4) is 0 Å². The number of fused-ring (bicyclic) bond motifs is 1. The first-order valence-electron chi connectivity index (χ1n) is 8.55. The topological polar surface area (TPSA) is 6.48 Å². The molecule has 0 radical (unpaired) electrons. The molecule has 3 rings (SSSR count). The first-order chi connectivity index (χ1) is 10.4. The van der Waals surface area contributed by atoms with E-state index >= 15 is 0 Å². The third kappa shape index (κ3) is 3.21. The molecule has 122 valence electrons. The molecule has 0 N–H and O–H groups in total. The number of aryl methyl sites for hydroxylation is 1. The highest BCUT2D eigenvalue weighted by Crippen LogP contribution is 2.46. The standard InChI is InChI=1S/C19H29FN2/c1-13-7-14(5-6-19(13)20)12-22(4)18-10-15-8-17(21(2)3)9-16(15)11-18/h5-7,15-18H,8-12H2,1-4H3/t15-,16+,17?,18?. The van der Waals surface area contributed by atoms with Crippen molar-refractivity contribution in [3.63, 3.8) is 0 Å². The fourth-order valence-electron chi connectivity index (χ4n) is 4.56. The van der Waals surface area contributed by atoms with E-state index in [0.29, 0.717) is 6.04 Å². The number of hydrogen-bond donors (Lipinski definition) is 0. The number of rotatable bonds is 4. The summed E-state index contributed by atoms with van der Waals surface area (Å²) >= 11 is 0. The number of hydrogen-bond acceptors (Lipinski definition) is 2. The average Bonchev–Trinajstić information content (AvgIpc) is 3.01. The van der Waals surface area contributed by atoms with Gasteiger partial charge < -0.3 is 4.90 Å². The Labute approximate surface area is 134 Å². The summed E-state index contributed by atoms with van der Waals surface area (Å²) in [7, 11) is 6.66. The average molecular weight is 304 g/mol. The number of benzene rings is 1. The van der Waals surface area contributed by atoms with Crippen molar-refractivity contribution in [2.75, 3.05) is 21.1 Å². The highest BCUT2D eigenvalue weighted by Gasteiger charge is 2.43. The summed E-state index contributed by atoms with van der Waals surface area (Å²) in [6, 6.07) is 7.01. The van der Waals surface area contributed by atoms with E-state index in [-0.39, 0.29) is 5.82 Å². The molecule has 2 unspecified atom stereocenters. The van der Waals surface area contributed by atoms with Crippen molar-refractivity contribution in [3.05, 3.63) is 35.1 Å². The van der Waals surface area contributed by atoms with Crippen LogP contribution in [-0.2, 0) is 6.54 Å². The molecule has 0 heterocycles. The van der Waals surface area contributed by atoms with E-state index in [2.05, 4.69) is 30.9 Å². The summed E-state index contributed by atoms with van der Waals surface area (Å²) in [5.41, 5.74) is 1.98. The van der Waals surface area contributed by atoms with Crippen LogP contribution in [0.2, 0.25) is 0 Å². The lowest BCUT2D eigenvalue weighted by Gasteiger charge is -2.27. The van der Waals surface area contributed by atoms with Gasteiger partial charge in [0.25, 0.3) is 0 Å². The lowest BCUT2D eigenvalue weighted by molar-refractivity contribution is 0.212. The van der Waals surface area contributed by atoms with Crippen LogP contribution >= 0.6 is 0 Å². The molecule has 0 spiro atoms. The highest BCUT2D eigenvalue weighted by molar-refractivity contribution is 5.23. The minimum absolute atomic E-state index is 0.100. The van der Waals surface area contributed by atoms with Gasteiger partial charge >= 0.3 is 0 Å². The van der Waals surface area contributed by atoms with Gasteiger partial charge in [-0.2, -0.15) is 0 Å². The van der Waals surface area contributed by atoms with E-state index < -0.39 is 0 Å². The van der Waals surface area contributed by atoms with E-state index in [1.54, 1.807) is 6.07 Å². The van der Waals surface area contributed by atoms with Gasteiger partial charge in [-0.15, -0.1) is 0 Å². The van der Waals surface area contributed by atoms with Crippen LogP contribution < -0.4 is 0 Å². The molecule has 0 bridgehead atoms. The van der Waals surface area contributed by atoms with E-state index in [4.69, 9.17) is 0 Å². The molecule has 0 saturated heterocycles. The van der Waals surface area contributed by atoms with E-state index in [1.165, 1.54) is 31.2 Å². The molecule has 1 aromatic carbocycles. The van der Waals surface area contributed by atoms with Gasteiger partial charge in [0.15, 0.2) is 0 Å². The molecule has 3 heteroatoms. The van der Waals surface area contributed by atoms with Crippen molar-refractivity contribution in [2.45, 2.75) is 51.2 Å². The molecule has 0 amide bonds. The molecule has 2 saturated carbocycles. The largest absolute Gasteiger partial charge is 0.306 e. The first-order valence-corrected chi connectivity index (χ1v) is 8.55. The molecule has 2 aliphatic rings. The number of halogens is 1.